The van der Waals surface area contributed by atoms with Crippen molar-refractivity contribution in [3.63, 3.8) is 0 Å². The number of hydrogen-bond donors (Lipinski definition) is 1. The molecule has 0 aliphatic carbocycles. The van der Waals surface area contributed by atoms with Gasteiger partial charge in [0.1, 0.15) is 0 Å². The van der Waals surface area contributed by atoms with Gasteiger partial charge in [0.15, 0.2) is 0 Å². The van der Waals surface area contributed by atoms with E-state index in [1.54, 1.807) is 26.0 Å². The van der Waals surface area contributed by atoms with Crippen molar-refractivity contribution in [1.82, 2.24) is 9.79 Å². The van der Waals surface area contributed by atoms with E-state index < -0.39 is 16.1 Å². The molecule has 0 saturated carbocycles. The van der Waals surface area contributed by atoms with Crippen molar-refractivity contribution < 1.29 is 18.0 Å². The lowest BCUT2D eigenvalue weighted by molar-refractivity contribution is -0.0896. The fraction of sp³-hybridized carbons (Fsp3) is 0.417. The second-order valence-electron chi connectivity index (χ2n) is 3.91. The number of nitrogens with zero attached hydrogens (tertiary/aromatic N) is 1. The van der Waals surface area contributed by atoms with Gasteiger partial charge in [0.2, 0.25) is 0 Å². The largest absolute Gasteiger partial charge is 0.440 e. The molecular formula is C12H18N2O4S. The third-order valence-corrected chi connectivity index (χ3v) is 3.79. The van der Waals surface area contributed by atoms with Crippen molar-refractivity contribution in [2.45, 2.75) is 25.7 Å². The van der Waals surface area contributed by atoms with Crippen LogP contribution in [0, 0.1) is 6.92 Å². The molecule has 1 aromatic rings. The number of carbonyl (C=O) groups excluding carboxylic acids is 1. The summed E-state index contributed by atoms with van der Waals surface area (Å²) in [5, 5.41) is 1.35. The third kappa shape index (κ3) is 4.53. The lowest BCUT2D eigenvalue weighted by Gasteiger charge is -2.17. The van der Waals surface area contributed by atoms with Crippen LogP contribution < -0.4 is 4.72 Å². The number of nitrogens with one attached hydrogen (secondary N) is 1. The van der Waals surface area contributed by atoms with Crippen molar-refractivity contribution >= 4 is 16.1 Å². The van der Waals surface area contributed by atoms with Crippen LogP contribution in [0.2, 0.25) is 0 Å². The van der Waals surface area contributed by atoms with Crippen LogP contribution >= 0.6 is 0 Å². The molecule has 1 rings (SSSR count). The Bertz CT molecular complexity index is 521. The number of aryl methyl sites for hydroxylation is 1. The Balaban J connectivity index is 2.74. The maximum atomic E-state index is 11.9. The van der Waals surface area contributed by atoms with Gasteiger partial charge in [0.25, 0.3) is 10.0 Å². The van der Waals surface area contributed by atoms with Gasteiger partial charge in [0.05, 0.1) is 4.90 Å². The first kappa shape index (κ1) is 15.5. The minimum atomic E-state index is -3.89. The van der Waals surface area contributed by atoms with Crippen LogP contribution in [0.4, 0.5) is 4.79 Å². The molecule has 6 nitrogen and oxygen atoms in total. The van der Waals surface area contributed by atoms with Crippen LogP contribution in [0.5, 0.6) is 0 Å². The highest BCUT2D eigenvalue weighted by Gasteiger charge is 2.19. The number of sulfonamides is 1. The van der Waals surface area contributed by atoms with Crippen LogP contribution in [0.3, 0.4) is 0 Å². The topological polar surface area (TPSA) is 75.7 Å². The first-order valence-corrected chi connectivity index (χ1v) is 7.43. The zero-order valence-corrected chi connectivity index (χ0v) is 12.0. The van der Waals surface area contributed by atoms with Crippen LogP contribution in [0.15, 0.2) is 29.2 Å². The molecule has 19 heavy (non-hydrogen) atoms. The maximum Gasteiger partial charge on any atom is 0.440 e. The lowest BCUT2D eigenvalue weighted by atomic mass is 10.2. The first-order chi connectivity index (χ1) is 8.89. The molecule has 0 radical (unpaired) electrons. The molecule has 0 saturated heterocycles. The highest BCUT2D eigenvalue weighted by atomic mass is 32.2. The van der Waals surface area contributed by atoms with Crippen molar-refractivity contribution in [1.29, 1.82) is 0 Å². The molecule has 0 heterocycles. The van der Waals surface area contributed by atoms with E-state index in [0.717, 1.165) is 5.56 Å². The summed E-state index contributed by atoms with van der Waals surface area (Å²) in [5.41, 5.74) is 0.935. The molecule has 106 valence electrons. The Morgan fingerprint density at radius 1 is 1.21 bits per heavy atom. The number of rotatable bonds is 5. The molecule has 0 aromatic heterocycles. The Morgan fingerprint density at radius 3 is 2.21 bits per heavy atom. The Morgan fingerprint density at radius 2 is 1.74 bits per heavy atom. The predicted molar refractivity (Wildman–Crippen MR) is 70.9 cm³/mol. The van der Waals surface area contributed by atoms with E-state index in [1.165, 1.54) is 17.2 Å². The molecular weight excluding hydrogens is 268 g/mol. The van der Waals surface area contributed by atoms with Gasteiger partial charge in [-0.2, -0.15) is 0 Å². The molecule has 1 amide bonds. The average Bonchev–Trinajstić information content (AvgIpc) is 2.35. The number of hydrogen-bond acceptors (Lipinski definition) is 5. The van der Waals surface area contributed by atoms with Gasteiger partial charge in [-0.05, 0) is 32.9 Å². The summed E-state index contributed by atoms with van der Waals surface area (Å²) in [6, 6.07) is 6.18. The van der Waals surface area contributed by atoms with Gasteiger partial charge in [0, 0.05) is 13.1 Å². The van der Waals surface area contributed by atoms with E-state index in [2.05, 4.69) is 0 Å². The zero-order valence-electron chi connectivity index (χ0n) is 11.2. The van der Waals surface area contributed by atoms with E-state index in [9.17, 15) is 13.2 Å². The van der Waals surface area contributed by atoms with Gasteiger partial charge in [-0.1, -0.05) is 17.7 Å². The van der Waals surface area contributed by atoms with Crippen LogP contribution in [-0.2, 0) is 14.9 Å². The van der Waals surface area contributed by atoms with Crippen LogP contribution in [0.25, 0.3) is 0 Å². The number of hydroxylamine groups is 2. The summed E-state index contributed by atoms with van der Waals surface area (Å²) in [6.45, 7) is 6.40. The quantitative estimate of drug-likeness (QED) is 0.833. The van der Waals surface area contributed by atoms with Gasteiger partial charge < -0.3 is 4.84 Å². The standard InChI is InChI=1S/C12H18N2O4S/c1-4-14(5-2)18-12(15)13-19(16,17)11-8-6-10(3)7-9-11/h6-9H,4-5H2,1-3H3,(H,13,15). The van der Waals surface area contributed by atoms with E-state index in [4.69, 9.17) is 4.84 Å². The van der Waals surface area contributed by atoms with Crippen molar-refractivity contribution in [2.75, 3.05) is 13.1 Å². The van der Waals surface area contributed by atoms with Crippen molar-refractivity contribution in [3.05, 3.63) is 29.8 Å². The molecule has 1 N–H and O–H groups in total. The SMILES string of the molecule is CCN(CC)OC(=O)NS(=O)(=O)c1ccc(C)cc1. The number of benzene rings is 1. The zero-order chi connectivity index (χ0) is 14.5. The predicted octanol–water partition coefficient (Wildman–Crippen LogP) is 1.67. The second kappa shape index (κ2) is 6.53. The highest BCUT2D eigenvalue weighted by molar-refractivity contribution is 7.90. The summed E-state index contributed by atoms with van der Waals surface area (Å²) >= 11 is 0. The van der Waals surface area contributed by atoms with E-state index in [1.807, 2.05) is 11.6 Å². The molecule has 0 spiro atoms. The normalized spacial score (nSPS) is 11.4. The van der Waals surface area contributed by atoms with Gasteiger partial charge in [-0.25, -0.2) is 17.9 Å². The Labute approximate surface area is 113 Å². The highest BCUT2D eigenvalue weighted by Crippen LogP contribution is 2.10. The third-order valence-electron chi connectivity index (χ3n) is 2.47. The molecule has 0 bridgehead atoms. The van der Waals surface area contributed by atoms with Crippen LogP contribution in [-0.4, -0.2) is 32.7 Å². The average molecular weight is 286 g/mol. The van der Waals surface area contributed by atoms with E-state index >= 15 is 0 Å². The first-order valence-electron chi connectivity index (χ1n) is 5.95. The Kier molecular flexibility index (Phi) is 5.31. The maximum absolute atomic E-state index is 11.9. The fourth-order valence-corrected chi connectivity index (χ4v) is 2.24. The second-order valence-corrected chi connectivity index (χ2v) is 5.59. The van der Waals surface area contributed by atoms with E-state index in [-0.39, 0.29) is 4.90 Å². The van der Waals surface area contributed by atoms with Gasteiger partial charge >= 0.3 is 6.09 Å². The summed E-state index contributed by atoms with van der Waals surface area (Å²) in [4.78, 5) is 16.3. The molecule has 0 aliphatic rings. The van der Waals surface area contributed by atoms with E-state index in [0.29, 0.717) is 13.1 Å². The molecule has 0 aliphatic heterocycles. The smallest absolute Gasteiger partial charge is 0.350 e. The molecule has 7 heteroatoms. The number of carbonyl (C=O) groups is 1. The lowest BCUT2D eigenvalue weighted by Crippen LogP contribution is -2.37. The summed E-state index contributed by atoms with van der Waals surface area (Å²) in [5.74, 6) is 0. The number of amides is 1. The minimum absolute atomic E-state index is 0.0228. The van der Waals surface area contributed by atoms with Crippen molar-refractivity contribution in [3.8, 4) is 0 Å². The fourth-order valence-electron chi connectivity index (χ4n) is 1.37. The molecule has 1 aromatic carbocycles. The summed E-state index contributed by atoms with van der Waals surface area (Å²) < 4.78 is 25.6. The molecule has 0 fully saturated rings. The van der Waals surface area contributed by atoms with Gasteiger partial charge in [-0.3, -0.25) is 0 Å². The molecule has 0 unspecified atom stereocenters. The Hall–Kier alpha value is -1.60. The summed E-state index contributed by atoms with van der Waals surface area (Å²) in [6.07, 6.45) is -1.01. The summed E-state index contributed by atoms with van der Waals surface area (Å²) in [7, 11) is -3.89. The van der Waals surface area contributed by atoms with Crippen LogP contribution in [0.1, 0.15) is 19.4 Å². The van der Waals surface area contributed by atoms with Gasteiger partial charge in [-0.15, -0.1) is 5.06 Å². The molecule has 0 atom stereocenters. The monoisotopic (exact) mass is 286 g/mol. The minimum Gasteiger partial charge on any atom is -0.350 e. The van der Waals surface area contributed by atoms with Crippen molar-refractivity contribution in [2.24, 2.45) is 0 Å².